The number of nitrogens with one attached hydrogen (secondary N) is 2. The van der Waals surface area contributed by atoms with Gasteiger partial charge in [0.15, 0.2) is 0 Å². The summed E-state index contributed by atoms with van der Waals surface area (Å²) >= 11 is 0. The zero-order valence-corrected chi connectivity index (χ0v) is 14.4. The molecule has 1 aromatic heterocycles. The molecule has 0 aliphatic heterocycles. The van der Waals surface area contributed by atoms with Crippen LogP contribution in [0.5, 0.6) is 0 Å². The molecule has 3 rings (SSSR count). The molecule has 1 heterocycles. The Bertz CT molecular complexity index is 1090. The fraction of sp³-hybridized carbons (Fsp3) is 0.176. The number of aromatic amines is 1. The standard InChI is InChI=1S/C17H13F5N2O2S/c18-12-2-4-15-13(8-12)10(9-23-15)5-6-24-27(25,26)16-7-11(17(20,21)22)1-3-14(16)19/h1-4,7-9,23-24H,5-6H2. The normalized spacial score (nSPS) is 12.6. The van der Waals surface area contributed by atoms with Crippen molar-refractivity contribution in [1.29, 1.82) is 0 Å². The highest BCUT2D eigenvalue weighted by Crippen LogP contribution is 2.31. The Balaban J connectivity index is 1.78. The lowest BCUT2D eigenvalue weighted by Crippen LogP contribution is -2.27. The van der Waals surface area contributed by atoms with Crippen LogP contribution in [0, 0.1) is 11.6 Å². The van der Waals surface area contributed by atoms with Crippen molar-refractivity contribution in [1.82, 2.24) is 9.71 Å². The van der Waals surface area contributed by atoms with Crippen LogP contribution in [0.2, 0.25) is 0 Å². The summed E-state index contributed by atoms with van der Waals surface area (Å²) in [6.07, 6.45) is -3.10. The maximum Gasteiger partial charge on any atom is 0.416 e. The molecule has 10 heteroatoms. The highest BCUT2D eigenvalue weighted by molar-refractivity contribution is 7.89. The van der Waals surface area contributed by atoms with Gasteiger partial charge >= 0.3 is 6.18 Å². The van der Waals surface area contributed by atoms with E-state index in [9.17, 15) is 30.4 Å². The molecule has 27 heavy (non-hydrogen) atoms. The first-order chi connectivity index (χ1) is 12.6. The molecular formula is C17H13F5N2O2S. The van der Waals surface area contributed by atoms with Gasteiger partial charge in [-0.15, -0.1) is 0 Å². The van der Waals surface area contributed by atoms with Crippen molar-refractivity contribution < 1.29 is 30.4 Å². The Morgan fingerprint density at radius 1 is 1.04 bits per heavy atom. The van der Waals surface area contributed by atoms with Gasteiger partial charge in [0.25, 0.3) is 0 Å². The molecule has 3 aromatic rings. The number of benzene rings is 2. The minimum absolute atomic E-state index is 0.128. The molecule has 0 saturated carbocycles. The van der Waals surface area contributed by atoms with Gasteiger partial charge in [-0.25, -0.2) is 21.9 Å². The number of H-pyrrole nitrogens is 1. The molecule has 0 fully saturated rings. The highest BCUT2D eigenvalue weighted by Gasteiger charge is 2.33. The monoisotopic (exact) mass is 404 g/mol. The van der Waals surface area contributed by atoms with Crippen molar-refractivity contribution in [2.24, 2.45) is 0 Å². The van der Waals surface area contributed by atoms with Crippen LogP contribution in [0.15, 0.2) is 47.5 Å². The van der Waals surface area contributed by atoms with E-state index in [1.165, 1.54) is 18.2 Å². The van der Waals surface area contributed by atoms with Crippen LogP contribution >= 0.6 is 0 Å². The third-order valence-electron chi connectivity index (χ3n) is 3.96. The van der Waals surface area contributed by atoms with Crippen LogP contribution in [-0.4, -0.2) is 19.9 Å². The fourth-order valence-electron chi connectivity index (χ4n) is 2.64. The van der Waals surface area contributed by atoms with E-state index in [0.717, 1.165) is 0 Å². The first-order valence-electron chi connectivity index (χ1n) is 7.70. The Hall–Kier alpha value is -2.46. The van der Waals surface area contributed by atoms with Gasteiger partial charge in [-0.05, 0) is 48.4 Å². The molecular weight excluding hydrogens is 391 g/mol. The van der Waals surface area contributed by atoms with Gasteiger partial charge in [-0.2, -0.15) is 13.2 Å². The molecule has 0 atom stereocenters. The van der Waals surface area contributed by atoms with Gasteiger partial charge in [0, 0.05) is 23.6 Å². The van der Waals surface area contributed by atoms with E-state index >= 15 is 0 Å². The lowest BCUT2D eigenvalue weighted by molar-refractivity contribution is -0.137. The molecule has 0 saturated heterocycles. The molecule has 0 amide bonds. The third-order valence-corrected chi connectivity index (χ3v) is 5.44. The van der Waals surface area contributed by atoms with Gasteiger partial charge in [0.05, 0.1) is 5.56 Å². The van der Waals surface area contributed by atoms with E-state index in [1.807, 2.05) is 0 Å². The number of hydrogen-bond acceptors (Lipinski definition) is 2. The predicted molar refractivity (Wildman–Crippen MR) is 88.6 cm³/mol. The number of rotatable bonds is 5. The maximum absolute atomic E-state index is 13.8. The first-order valence-corrected chi connectivity index (χ1v) is 9.18. The number of hydrogen-bond donors (Lipinski definition) is 2. The second-order valence-corrected chi connectivity index (χ2v) is 7.53. The molecule has 0 aliphatic carbocycles. The average Bonchev–Trinajstić information content (AvgIpc) is 2.96. The van der Waals surface area contributed by atoms with Crippen LogP contribution in [-0.2, 0) is 22.6 Å². The lowest BCUT2D eigenvalue weighted by atomic mass is 10.1. The molecule has 0 bridgehead atoms. The van der Waals surface area contributed by atoms with E-state index in [1.54, 1.807) is 6.20 Å². The smallest absolute Gasteiger partial charge is 0.361 e. The summed E-state index contributed by atoms with van der Waals surface area (Å²) in [7, 11) is -4.50. The zero-order valence-electron chi connectivity index (χ0n) is 13.6. The quantitative estimate of drug-likeness (QED) is 0.632. The Morgan fingerprint density at radius 2 is 1.78 bits per heavy atom. The molecule has 0 aliphatic rings. The van der Waals surface area contributed by atoms with Crippen molar-refractivity contribution in [2.75, 3.05) is 6.54 Å². The van der Waals surface area contributed by atoms with E-state index in [2.05, 4.69) is 9.71 Å². The number of alkyl halides is 3. The summed E-state index contributed by atoms with van der Waals surface area (Å²) in [5.74, 6) is -1.75. The molecule has 0 unspecified atom stereocenters. The maximum atomic E-state index is 13.8. The van der Waals surface area contributed by atoms with Gasteiger partial charge in [-0.3, -0.25) is 0 Å². The number of sulfonamides is 1. The van der Waals surface area contributed by atoms with Crippen molar-refractivity contribution in [3.05, 3.63) is 65.4 Å². The summed E-state index contributed by atoms with van der Waals surface area (Å²) in [6.45, 7) is -0.207. The summed E-state index contributed by atoms with van der Waals surface area (Å²) in [5.41, 5.74) is -0.00808. The van der Waals surface area contributed by atoms with Gasteiger partial charge in [-0.1, -0.05) is 0 Å². The van der Waals surface area contributed by atoms with E-state index in [-0.39, 0.29) is 19.0 Å². The number of halogens is 5. The minimum Gasteiger partial charge on any atom is -0.361 e. The average molecular weight is 404 g/mol. The topological polar surface area (TPSA) is 62.0 Å². The van der Waals surface area contributed by atoms with Crippen LogP contribution < -0.4 is 4.72 Å². The van der Waals surface area contributed by atoms with Gasteiger partial charge < -0.3 is 4.98 Å². The Labute approximate surface area is 151 Å². The number of fused-ring (bicyclic) bond motifs is 1. The summed E-state index contributed by atoms with van der Waals surface area (Å²) in [5, 5.41) is 0.555. The fourth-order valence-corrected chi connectivity index (χ4v) is 3.77. The third kappa shape index (κ3) is 4.11. The van der Waals surface area contributed by atoms with Crippen LogP contribution in [0.1, 0.15) is 11.1 Å². The Morgan fingerprint density at radius 3 is 2.48 bits per heavy atom. The SMILES string of the molecule is O=S(=O)(NCCc1c[nH]c2ccc(F)cc12)c1cc(C(F)(F)F)ccc1F. The van der Waals surface area contributed by atoms with E-state index < -0.39 is 38.3 Å². The summed E-state index contributed by atoms with van der Waals surface area (Å²) < 4.78 is 91.8. The first kappa shape index (κ1) is 19.3. The summed E-state index contributed by atoms with van der Waals surface area (Å²) in [4.78, 5) is 1.82. The van der Waals surface area contributed by atoms with Crippen molar-refractivity contribution in [3.63, 3.8) is 0 Å². The highest BCUT2D eigenvalue weighted by atomic mass is 32.2. The van der Waals surface area contributed by atoms with Gasteiger partial charge in [0.1, 0.15) is 16.5 Å². The largest absolute Gasteiger partial charge is 0.416 e. The van der Waals surface area contributed by atoms with Crippen molar-refractivity contribution >= 4 is 20.9 Å². The van der Waals surface area contributed by atoms with E-state index in [4.69, 9.17) is 0 Å². The van der Waals surface area contributed by atoms with Crippen LogP contribution in [0.25, 0.3) is 10.9 Å². The van der Waals surface area contributed by atoms with E-state index in [0.29, 0.717) is 28.6 Å². The van der Waals surface area contributed by atoms with Crippen LogP contribution in [0.4, 0.5) is 22.0 Å². The Kier molecular flexibility index (Phi) is 4.96. The predicted octanol–water partition coefficient (Wildman–Crippen LogP) is 3.99. The van der Waals surface area contributed by atoms with Crippen molar-refractivity contribution in [3.8, 4) is 0 Å². The molecule has 2 N–H and O–H groups in total. The minimum atomic E-state index is -4.80. The molecule has 4 nitrogen and oxygen atoms in total. The molecule has 2 aromatic carbocycles. The summed E-state index contributed by atoms with van der Waals surface area (Å²) in [6, 6.07) is 5.24. The van der Waals surface area contributed by atoms with Crippen LogP contribution in [0.3, 0.4) is 0 Å². The second kappa shape index (κ2) is 6.93. The lowest BCUT2D eigenvalue weighted by Gasteiger charge is -2.11. The molecule has 144 valence electrons. The molecule has 0 spiro atoms. The van der Waals surface area contributed by atoms with Gasteiger partial charge in [0.2, 0.25) is 10.0 Å². The second-order valence-electron chi connectivity index (χ2n) is 5.79. The molecule has 0 radical (unpaired) electrons. The van der Waals surface area contributed by atoms with Crippen molar-refractivity contribution in [2.45, 2.75) is 17.5 Å². The zero-order chi connectivity index (χ0) is 19.8. The number of aromatic nitrogens is 1.